The number of carbonyl (C=O) groups excluding carboxylic acids is 2. The van der Waals surface area contributed by atoms with Crippen molar-refractivity contribution in [2.75, 3.05) is 13.2 Å². The van der Waals surface area contributed by atoms with E-state index in [0.717, 1.165) is 18.4 Å². The van der Waals surface area contributed by atoms with Crippen LogP contribution in [0.5, 0.6) is 5.75 Å². The molecule has 0 heterocycles. The second-order valence-electron chi connectivity index (χ2n) is 6.71. The van der Waals surface area contributed by atoms with Crippen LogP contribution in [0.25, 0.3) is 0 Å². The maximum absolute atomic E-state index is 12.9. The van der Waals surface area contributed by atoms with Gasteiger partial charge in [0.15, 0.2) is 6.61 Å². The summed E-state index contributed by atoms with van der Waals surface area (Å²) in [5.74, 6) is 0.0453. The van der Waals surface area contributed by atoms with Gasteiger partial charge < -0.3 is 15.0 Å². The fourth-order valence-electron chi connectivity index (χ4n) is 2.71. The molecule has 7 heteroatoms. The number of benzene rings is 2. The lowest BCUT2D eigenvalue weighted by atomic mass is 10.1. The van der Waals surface area contributed by atoms with E-state index in [0.29, 0.717) is 22.3 Å². The van der Waals surface area contributed by atoms with Gasteiger partial charge in [-0.1, -0.05) is 48.7 Å². The van der Waals surface area contributed by atoms with Crippen molar-refractivity contribution < 1.29 is 14.3 Å². The Hall–Kier alpha value is -2.24. The van der Waals surface area contributed by atoms with Crippen LogP contribution in [0.2, 0.25) is 10.0 Å². The standard InChI is InChI=1S/C22H26Cl2N2O3/c1-3-4-12-25-22(28)16(2)26(14-17-6-5-7-19(24)13-17)21(27)15-29-20-10-8-18(23)9-11-20/h5-11,13,16H,3-4,12,14-15H2,1-2H3,(H,25,28). The van der Waals surface area contributed by atoms with Crippen molar-refractivity contribution in [3.05, 3.63) is 64.1 Å². The summed E-state index contributed by atoms with van der Waals surface area (Å²) in [6.07, 6.45) is 1.87. The molecule has 0 aliphatic carbocycles. The molecule has 2 amide bonds. The van der Waals surface area contributed by atoms with E-state index in [1.165, 1.54) is 4.90 Å². The zero-order chi connectivity index (χ0) is 21.2. The molecule has 1 atom stereocenters. The molecule has 2 aromatic rings. The molecule has 1 unspecified atom stereocenters. The highest BCUT2D eigenvalue weighted by Gasteiger charge is 2.26. The summed E-state index contributed by atoms with van der Waals surface area (Å²) in [6, 6.07) is 13.3. The van der Waals surface area contributed by atoms with E-state index in [2.05, 4.69) is 12.2 Å². The van der Waals surface area contributed by atoms with Crippen LogP contribution in [0.1, 0.15) is 32.3 Å². The van der Waals surface area contributed by atoms with Gasteiger partial charge in [-0.15, -0.1) is 0 Å². The van der Waals surface area contributed by atoms with Gasteiger partial charge in [-0.2, -0.15) is 0 Å². The molecule has 2 rings (SSSR count). The number of amides is 2. The van der Waals surface area contributed by atoms with Gasteiger partial charge in [0.05, 0.1) is 0 Å². The maximum atomic E-state index is 12.9. The Kier molecular flexibility index (Phi) is 9.29. The van der Waals surface area contributed by atoms with Crippen LogP contribution in [0.15, 0.2) is 48.5 Å². The fraction of sp³-hybridized carbons (Fsp3) is 0.364. The Bertz CT molecular complexity index is 812. The summed E-state index contributed by atoms with van der Waals surface area (Å²) in [6.45, 7) is 4.42. The zero-order valence-electron chi connectivity index (χ0n) is 16.7. The first kappa shape index (κ1) is 23.0. The van der Waals surface area contributed by atoms with Crippen molar-refractivity contribution in [1.29, 1.82) is 0 Å². The molecule has 0 aliphatic rings. The minimum atomic E-state index is -0.646. The number of carbonyl (C=O) groups is 2. The van der Waals surface area contributed by atoms with Crippen molar-refractivity contribution in [1.82, 2.24) is 10.2 Å². The van der Waals surface area contributed by atoms with Crippen LogP contribution < -0.4 is 10.1 Å². The summed E-state index contributed by atoms with van der Waals surface area (Å²) < 4.78 is 5.59. The van der Waals surface area contributed by atoms with Crippen LogP contribution >= 0.6 is 23.2 Å². The molecule has 29 heavy (non-hydrogen) atoms. The third-order valence-electron chi connectivity index (χ3n) is 4.41. The van der Waals surface area contributed by atoms with Crippen LogP contribution in [0, 0.1) is 0 Å². The Morgan fingerprint density at radius 3 is 2.48 bits per heavy atom. The number of nitrogens with one attached hydrogen (secondary N) is 1. The van der Waals surface area contributed by atoms with Crippen molar-refractivity contribution >= 4 is 35.0 Å². The summed E-state index contributed by atoms with van der Waals surface area (Å²) in [5, 5.41) is 4.04. The van der Waals surface area contributed by atoms with Gasteiger partial charge >= 0.3 is 0 Å². The predicted molar refractivity (Wildman–Crippen MR) is 116 cm³/mol. The van der Waals surface area contributed by atoms with Crippen molar-refractivity contribution in [3.63, 3.8) is 0 Å². The first-order valence-corrected chi connectivity index (χ1v) is 10.4. The van der Waals surface area contributed by atoms with Gasteiger partial charge in [0.25, 0.3) is 5.91 Å². The molecular weight excluding hydrogens is 411 g/mol. The van der Waals surface area contributed by atoms with Crippen molar-refractivity contribution in [2.45, 2.75) is 39.3 Å². The quantitative estimate of drug-likeness (QED) is 0.548. The van der Waals surface area contributed by atoms with Crippen LogP contribution in [0.4, 0.5) is 0 Å². The molecule has 5 nitrogen and oxygen atoms in total. The number of rotatable bonds is 10. The minimum Gasteiger partial charge on any atom is -0.484 e. The highest BCUT2D eigenvalue weighted by atomic mass is 35.5. The fourth-order valence-corrected chi connectivity index (χ4v) is 3.05. The first-order valence-electron chi connectivity index (χ1n) is 9.60. The number of halogens is 2. The Labute approximate surface area is 181 Å². The monoisotopic (exact) mass is 436 g/mol. The Morgan fingerprint density at radius 1 is 1.10 bits per heavy atom. The van der Waals surface area contributed by atoms with E-state index in [-0.39, 0.29) is 25.0 Å². The predicted octanol–water partition coefficient (Wildman–Crippen LogP) is 4.71. The molecule has 2 aromatic carbocycles. The van der Waals surface area contributed by atoms with Gasteiger partial charge in [0.2, 0.25) is 5.91 Å². The van der Waals surface area contributed by atoms with E-state index in [1.54, 1.807) is 43.3 Å². The van der Waals surface area contributed by atoms with E-state index >= 15 is 0 Å². The van der Waals surface area contributed by atoms with Gasteiger partial charge in [0.1, 0.15) is 11.8 Å². The Balaban J connectivity index is 2.10. The Morgan fingerprint density at radius 2 is 1.83 bits per heavy atom. The lowest BCUT2D eigenvalue weighted by Gasteiger charge is -2.28. The summed E-state index contributed by atoms with van der Waals surface area (Å²) in [4.78, 5) is 27.0. The topological polar surface area (TPSA) is 58.6 Å². The number of nitrogens with zero attached hydrogens (tertiary/aromatic N) is 1. The number of unbranched alkanes of at least 4 members (excludes halogenated alkanes) is 1. The average Bonchev–Trinajstić information content (AvgIpc) is 2.71. The zero-order valence-corrected chi connectivity index (χ0v) is 18.2. The molecule has 1 N–H and O–H groups in total. The normalized spacial score (nSPS) is 11.6. The van der Waals surface area contributed by atoms with Gasteiger partial charge in [-0.3, -0.25) is 9.59 Å². The second kappa shape index (κ2) is 11.7. The summed E-state index contributed by atoms with van der Waals surface area (Å²) in [7, 11) is 0. The van der Waals surface area contributed by atoms with Crippen LogP contribution in [0.3, 0.4) is 0 Å². The number of hydrogen-bond acceptors (Lipinski definition) is 3. The molecule has 156 valence electrons. The molecule has 0 aliphatic heterocycles. The molecule has 0 bridgehead atoms. The van der Waals surface area contributed by atoms with Crippen molar-refractivity contribution in [3.8, 4) is 5.75 Å². The number of hydrogen-bond donors (Lipinski definition) is 1. The van der Waals surface area contributed by atoms with Gasteiger partial charge in [-0.25, -0.2) is 0 Å². The third-order valence-corrected chi connectivity index (χ3v) is 4.90. The van der Waals surface area contributed by atoms with Gasteiger partial charge in [0, 0.05) is 23.1 Å². The molecule has 0 radical (unpaired) electrons. The van der Waals surface area contributed by atoms with E-state index in [4.69, 9.17) is 27.9 Å². The van der Waals surface area contributed by atoms with E-state index in [1.807, 2.05) is 12.1 Å². The summed E-state index contributed by atoms with van der Waals surface area (Å²) in [5.41, 5.74) is 0.838. The molecule has 0 saturated heterocycles. The molecule has 0 saturated carbocycles. The largest absolute Gasteiger partial charge is 0.484 e. The highest BCUT2D eigenvalue weighted by Crippen LogP contribution is 2.17. The number of ether oxygens (including phenoxy) is 1. The molecule has 0 aromatic heterocycles. The third kappa shape index (κ3) is 7.59. The lowest BCUT2D eigenvalue weighted by Crippen LogP contribution is -2.49. The summed E-state index contributed by atoms with van der Waals surface area (Å²) >= 11 is 11.9. The lowest BCUT2D eigenvalue weighted by molar-refractivity contribution is -0.142. The maximum Gasteiger partial charge on any atom is 0.261 e. The highest BCUT2D eigenvalue weighted by molar-refractivity contribution is 6.30. The average molecular weight is 437 g/mol. The van der Waals surface area contributed by atoms with E-state index in [9.17, 15) is 9.59 Å². The van der Waals surface area contributed by atoms with Crippen LogP contribution in [-0.4, -0.2) is 35.9 Å². The molecule has 0 fully saturated rings. The molecular formula is C22H26Cl2N2O3. The first-order chi connectivity index (χ1) is 13.9. The molecule has 0 spiro atoms. The van der Waals surface area contributed by atoms with Crippen LogP contribution in [-0.2, 0) is 16.1 Å². The smallest absolute Gasteiger partial charge is 0.261 e. The SMILES string of the molecule is CCCCNC(=O)C(C)N(Cc1cccc(Cl)c1)C(=O)COc1ccc(Cl)cc1. The second-order valence-corrected chi connectivity index (χ2v) is 7.59. The minimum absolute atomic E-state index is 0.186. The van der Waals surface area contributed by atoms with Crippen molar-refractivity contribution in [2.24, 2.45) is 0 Å². The van der Waals surface area contributed by atoms with E-state index < -0.39 is 6.04 Å². The van der Waals surface area contributed by atoms with Gasteiger partial charge in [-0.05, 0) is 55.3 Å².